The SMILES string of the molecule is CCCC1CCC(CCC)[Si](OCC)(OCC)C1(CCC)CCC. The van der Waals surface area contributed by atoms with Gasteiger partial charge in [0.2, 0.25) is 0 Å². The Morgan fingerprint density at radius 3 is 1.71 bits per heavy atom. The molecule has 1 saturated heterocycles. The zero-order valence-electron chi connectivity index (χ0n) is 17.5. The molecule has 0 aromatic carbocycles. The first-order valence-corrected chi connectivity index (χ1v) is 12.8. The Kier molecular flexibility index (Phi) is 10.1. The van der Waals surface area contributed by atoms with Crippen molar-refractivity contribution >= 4 is 8.56 Å². The van der Waals surface area contributed by atoms with Gasteiger partial charge in [-0.15, -0.1) is 0 Å². The molecule has 1 rings (SSSR count). The molecule has 0 aliphatic carbocycles. The summed E-state index contributed by atoms with van der Waals surface area (Å²) in [7, 11) is -2.26. The molecule has 0 saturated carbocycles. The maximum Gasteiger partial charge on any atom is 0.348 e. The van der Waals surface area contributed by atoms with Crippen molar-refractivity contribution in [1.29, 1.82) is 0 Å². The molecule has 144 valence electrons. The molecular weight excluding hydrogens is 312 g/mol. The van der Waals surface area contributed by atoms with Crippen LogP contribution in [0.3, 0.4) is 0 Å². The van der Waals surface area contributed by atoms with Crippen molar-refractivity contribution in [3.63, 3.8) is 0 Å². The van der Waals surface area contributed by atoms with Gasteiger partial charge < -0.3 is 8.85 Å². The minimum Gasteiger partial charge on any atom is -0.394 e. The lowest BCUT2D eigenvalue weighted by Gasteiger charge is -2.58. The van der Waals surface area contributed by atoms with Crippen molar-refractivity contribution in [1.82, 2.24) is 0 Å². The molecule has 0 bridgehead atoms. The van der Waals surface area contributed by atoms with E-state index in [2.05, 4.69) is 41.5 Å². The normalized spacial score (nSPS) is 25.8. The Morgan fingerprint density at radius 2 is 1.29 bits per heavy atom. The summed E-state index contributed by atoms with van der Waals surface area (Å²) in [4.78, 5) is 0. The zero-order chi connectivity index (χ0) is 18.1. The summed E-state index contributed by atoms with van der Waals surface area (Å²) in [5.41, 5.74) is 0.689. The van der Waals surface area contributed by atoms with Crippen molar-refractivity contribution < 1.29 is 8.85 Å². The van der Waals surface area contributed by atoms with Gasteiger partial charge in [-0.05, 0) is 51.9 Å². The standard InChI is InChI=1S/C21H44O2Si/c1-7-13-19-15-16-20(14-8-2)24(22-11-5,23-12-6)21(19,17-9-3)18-10-4/h19-20H,7-18H2,1-6H3. The molecule has 3 heteroatoms. The van der Waals surface area contributed by atoms with E-state index in [1.165, 1.54) is 64.2 Å². The summed E-state index contributed by atoms with van der Waals surface area (Å²) in [5.74, 6) is 0.806. The summed E-state index contributed by atoms with van der Waals surface area (Å²) in [6.45, 7) is 15.4. The highest BCUT2D eigenvalue weighted by molar-refractivity contribution is 6.72. The highest BCUT2D eigenvalue weighted by Crippen LogP contribution is 2.65. The summed E-state index contributed by atoms with van der Waals surface area (Å²) >= 11 is 0. The molecule has 2 unspecified atom stereocenters. The third-order valence-electron chi connectivity index (χ3n) is 6.26. The Morgan fingerprint density at radius 1 is 0.750 bits per heavy atom. The summed E-state index contributed by atoms with van der Waals surface area (Å²) in [6, 6.07) is 0. The summed E-state index contributed by atoms with van der Waals surface area (Å²) < 4.78 is 13.6. The Labute approximate surface area is 153 Å². The summed E-state index contributed by atoms with van der Waals surface area (Å²) in [6.07, 6.45) is 13.0. The average Bonchev–Trinajstić information content (AvgIpc) is 2.56. The van der Waals surface area contributed by atoms with Crippen LogP contribution in [0, 0.1) is 5.92 Å². The third kappa shape index (κ3) is 4.27. The molecular formula is C21H44O2Si. The quantitative estimate of drug-likeness (QED) is 0.343. The van der Waals surface area contributed by atoms with Crippen LogP contribution in [0.2, 0.25) is 10.6 Å². The predicted octanol–water partition coefficient (Wildman–Crippen LogP) is 7.22. The van der Waals surface area contributed by atoms with Crippen molar-refractivity contribution in [3.05, 3.63) is 0 Å². The van der Waals surface area contributed by atoms with E-state index in [4.69, 9.17) is 8.85 Å². The van der Waals surface area contributed by atoms with Gasteiger partial charge in [0, 0.05) is 23.8 Å². The first-order valence-electron chi connectivity index (χ1n) is 10.9. The molecule has 2 nitrogen and oxygen atoms in total. The van der Waals surface area contributed by atoms with Crippen molar-refractivity contribution in [2.75, 3.05) is 13.2 Å². The molecule has 0 aromatic rings. The van der Waals surface area contributed by atoms with Gasteiger partial charge in [-0.1, -0.05) is 59.8 Å². The fraction of sp³-hybridized carbons (Fsp3) is 1.00. The van der Waals surface area contributed by atoms with E-state index >= 15 is 0 Å². The maximum atomic E-state index is 6.79. The van der Waals surface area contributed by atoms with Crippen LogP contribution in [0.4, 0.5) is 0 Å². The van der Waals surface area contributed by atoms with E-state index in [1.807, 2.05) is 0 Å². The van der Waals surface area contributed by atoms with Gasteiger partial charge in [0.15, 0.2) is 0 Å². The zero-order valence-corrected chi connectivity index (χ0v) is 18.5. The maximum absolute atomic E-state index is 6.79. The molecule has 24 heavy (non-hydrogen) atoms. The van der Waals surface area contributed by atoms with Crippen LogP contribution >= 0.6 is 0 Å². The van der Waals surface area contributed by atoms with Gasteiger partial charge in [-0.2, -0.15) is 0 Å². The lowest BCUT2D eigenvalue weighted by molar-refractivity contribution is 0.0808. The highest BCUT2D eigenvalue weighted by atomic mass is 28.4. The molecule has 0 aromatic heterocycles. The molecule has 0 amide bonds. The fourth-order valence-electron chi connectivity index (χ4n) is 5.78. The van der Waals surface area contributed by atoms with Crippen LogP contribution in [0.15, 0.2) is 0 Å². The van der Waals surface area contributed by atoms with E-state index in [0.29, 0.717) is 10.6 Å². The Bertz CT molecular complexity index is 288. The Hall–Kier alpha value is 0.137. The minimum absolute atomic E-state index is 0.330. The molecule has 2 atom stereocenters. The van der Waals surface area contributed by atoms with Gasteiger partial charge in [0.1, 0.15) is 0 Å². The molecule has 1 aliphatic heterocycles. The molecule has 0 radical (unpaired) electrons. The predicted molar refractivity (Wildman–Crippen MR) is 108 cm³/mol. The largest absolute Gasteiger partial charge is 0.394 e. The lowest BCUT2D eigenvalue weighted by Crippen LogP contribution is -2.62. The summed E-state index contributed by atoms with van der Waals surface area (Å²) in [5, 5.41) is 0.330. The monoisotopic (exact) mass is 356 g/mol. The van der Waals surface area contributed by atoms with Gasteiger partial charge >= 0.3 is 8.56 Å². The van der Waals surface area contributed by atoms with Gasteiger partial charge in [0.05, 0.1) is 0 Å². The van der Waals surface area contributed by atoms with Crippen molar-refractivity contribution in [3.8, 4) is 0 Å². The third-order valence-corrected chi connectivity index (χ3v) is 11.6. The van der Waals surface area contributed by atoms with Crippen molar-refractivity contribution in [2.24, 2.45) is 5.92 Å². The van der Waals surface area contributed by atoms with Crippen LogP contribution in [-0.2, 0) is 8.85 Å². The van der Waals surface area contributed by atoms with Gasteiger partial charge in [0.25, 0.3) is 0 Å². The number of hydrogen-bond acceptors (Lipinski definition) is 2. The molecule has 0 N–H and O–H groups in total. The van der Waals surface area contributed by atoms with Gasteiger partial charge in [-0.25, -0.2) is 0 Å². The van der Waals surface area contributed by atoms with E-state index in [0.717, 1.165) is 19.1 Å². The molecule has 1 fully saturated rings. The van der Waals surface area contributed by atoms with E-state index in [-0.39, 0.29) is 0 Å². The smallest absolute Gasteiger partial charge is 0.348 e. The topological polar surface area (TPSA) is 18.5 Å². The van der Waals surface area contributed by atoms with Gasteiger partial charge in [-0.3, -0.25) is 0 Å². The minimum atomic E-state index is -2.26. The van der Waals surface area contributed by atoms with Crippen LogP contribution in [-0.4, -0.2) is 21.8 Å². The van der Waals surface area contributed by atoms with Crippen molar-refractivity contribution in [2.45, 2.75) is 116 Å². The first-order chi connectivity index (χ1) is 11.6. The fourth-order valence-corrected chi connectivity index (χ4v) is 11.8. The number of hydrogen-bond donors (Lipinski definition) is 0. The Balaban J connectivity index is 3.45. The molecule has 1 aliphatic rings. The number of rotatable bonds is 12. The molecule has 0 spiro atoms. The average molecular weight is 357 g/mol. The van der Waals surface area contributed by atoms with E-state index in [1.54, 1.807) is 0 Å². The second-order valence-corrected chi connectivity index (χ2v) is 11.5. The lowest BCUT2D eigenvalue weighted by atomic mass is 9.77. The van der Waals surface area contributed by atoms with E-state index in [9.17, 15) is 0 Å². The van der Waals surface area contributed by atoms with E-state index < -0.39 is 8.56 Å². The van der Waals surface area contributed by atoms with Crippen LogP contribution in [0.1, 0.15) is 106 Å². The molecule has 1 heterocycles. The first kappa shape index (κ1) is 22.2. The second-order valence-electron chi connectivity index (χ2n) is 7.74. The highest BCUT2D eigenvalue weighted by Gasteiger charge is 2.65. The van der Waals surface area contributed by atoms with Crippen LogP contribution in [0.25, 0.3) is 0 Å². The van der Waals surface area contributed by atoms with Crippen LogP contribution < -0.4 is 0 Å². The second kappa shape index (κ2) is 11.0. The van der Waals surface area contributed by atoms with Crippen LogP contribution in [0.5, 0.6) is 0 Å².